The number of carbonyl (C=O) groups excluding carboxylic acids is 1. The van der Waals surface area contributed by atoms with Crippen molar-refractivity contribution in [3.05, 3.63) is 28.6 Å². The Morgan fingerprint density at radius 2 is 2.29 bits per heavy atom. The molecular weight excluding hydrogens is 212 g/mol. The average Bonchev–Trinajstić information content (AvgIpc) is 2.16. The highest BCUT2D eigenvalue weighted by Crippen LogP contribution is 2.27. The van der Waals surface area contributed by atoms with Gasteiger partial charge in [0.1, 0.15) is 5.69 Å². The molecule has 0 atom stereocenters. The zero-order valence-corrected chi connectivity index (χ0v) is 8.18. The Balaban J connectivity index is 3.38. The molecule has 0 saturated carbocycles. The van der Waals surface area contributed by atoms with Gasteiger partial charge in [0.05, 0.1) is 5.56 Å². The Morgan fingerprint density at radius 1 is 1.64 bits per heavy atom. The molecule has 1 aromatic rings. The van der Waals surface area contributed by atoms with Crippen molar-refractivity contribution < 1.29 is 13.6 Å². The minimum Gasteiger partial charge on any atom is -0.296 e. The summed E-state index contributed by atoms with van der Waals surface area (Å²) in [6, 6.07) is 0. The summed E-state index contributed by atoms with van der Waals surface area (Å²) in [5.74, 6) is 0.109. The Bertz CT molecular complexity index is 355. The molecule has 0 fully saturated rings. The maximum Gasteiger partial charge on any atom is 0.266 e. The second-order valence-electron chi connectivity index (χ2n) is 2.76. The molecule has 0 bridgehead atoms. The van der Waals surface area contributed by atoms with Crippen molar-refractivity contribution in [2.75, 3.05) is 0 Å². The van der Waals surface area contributed by atoms with Crippen LogP contribution in [0.1, 0.15) is 33.6 Å². The molecule has 0 spiro atoms. The molecule has 76 valence electrons. The van der Waals surface area contributed by atoms with E-state index in [2.05, 4.69) is 4.98 Å². The Labute approximate surface area is 84.9 Å². The summed E-state index contributed by atoms with van der Waals surface area (Å²) in [5.41, 5.74) is 0.323. The molecule has 0 amide bonds. The number of aldehydes is 1. The highest BCUT2D eigenvalue weighted by Gasteiger charge is 2.18. The van der Waals surface area contributed by atoms with E-state index in [1.165, 1.54) is 13.1 Å². The number of aromatic nitrogens is 1. The smallest absolute Gasteiger partial charge is 0.266 e. The van der Waals surface area contributed by atoms with Crippen LogP contribution in [-0.2, 0) is 5.88 Å². The first-order valence-electron chi connectivity index (χ1n) is 3.89. The predicted octanol–water partition coefficient (Wildman–Crippen LogP) is 2.88. The van der Waals surface area contributed by atoms with E-state index in [4.69, 9.17) is 11.6 Å². The van der Waals surface area contributed by atoms with Gasteiger partial charge < -0.3 is 0 Å². The molecular formula is C9H8ClF2NO. The molecule has 0 unspecified atom stereocenters. The van der Waals surface area contributed by atoms with Crippen molar-refractivity contribution in [3.8, 4) is 0 Å². The van der Waals surface area contributed by atoms with Gasteiger partial charge in [-0.15, -0.1) is 11.6 Å². The predicted molar refractivity (Wildman–Crippen MR) is 48.9 cm³/mol. The number of halogens is 3. The number of rotatable bonds is 3. The quantitative estimate of drug-likeness (QED) is 0.578. The van der Waals surface area contributed by atoms with Gasteiger partial charge in [0.15, 0.2) is 6.29 Å². The van der Waals surface area contributed by atoms with Crippen molar-refractivity contribution in [3.63, 3.8) is 0 Å². The van der Waals surface area contributed by atoms with Crippen LogP contribution in [0.3, 0.4) is 0 Å². The van der Waals surface area contributed by atoms with Crippen LogP contribution in [0.5, 0.6) is 0 Å². The summed E-state index contributed by atoms with van der Waals surface area (Å²) >= 11 is 5.53. The van der Waals surface area contributed by atoms with Crippen LogP contribution in [0.15, 0.2) is 6.20 Å². The second kappa shape index (κ2) is 4.46. The Hall–Kier alpha value is -1.03. The third-order valence-electron chi connectivity index (χ3n) is 1.99. The van der Waals surface area contributed by atoms with E-state index >= 15 is 0 Å². The van der Waals surface area contributed by atoms with E-state index in [-0.39, 0.29) is 17.1 Å². The molecule has 14 heavy (non-hydrogen) atoms. The van der Waals surface area contributed by atoms with Crippen LogP contribution >= 0.6 is 11.6 Å². The lowest BCUT2D eigenvalue weighted by Gasteiger charge is -2.09. The first-order valence-corrected chi connectivity index (χ1v) is 4.43. The number of alkyl halides is 3. The zero-order chi connectivity index (χ0) is 10.7. The van der Waals surface area contributed by atoms with Crippen molar-refractivity contribution >= 4 is 17.9 Å². The summed E-state index contributed by atoms with van der Waals surface area (Å²) in [6.45, 7) is 1.51. The molecule has 0 aromatic carbocycles. The molecule has 2 nitrogen and oxygen atoms in total. The van der Waals surface area contributed by atoms with E-state index in [1.54, 1.807) is 0 Å². The van der Waals surface area contributed by atoms with Gasteiger partial charge in [0, 0.05) is 12.1 Å². The van der Waals surface area contributed by atoms with Crippen LogP contribution in [0, 0.1) is 6.92 Å². The van der Waals surface area contributed by atoms with Gasteiger partial charge in [-0.25, -0.2) is 8.78 Å². The summed E-state index contributed by atoms with van der Waals surface area (Å²) < 4.78 is 25.1. The van der Waals surface area contributed by atoms with E-state index < -0.39 is 6.43 Å². The average molecular weight is 220 g/mol. The molecule has 1 heterocycles. The monoisotopic (exact) mass is 219 g/mol. The van der Waals surface area contributed by atoms with Gasteiger partial charge in [0.2, 0.25) is 0 Å². The SMILES string of the molecule is Cc1c(CCl)cnc(C=O)c1C(F)F. The highest BCUT2D eigenvalue weighted by molar-refractivity contribution is 6.17. The largest absolute Gasteiger partial charge is 0.296 e. The van der Waals surface area contributed by atoms with E-state index in [1.807, 2.05) is 0 Å². The molecule has 0 aliphatic rings. The Morgan fingerprint density at radius 3 is 2.71 bits per heavy atom. The molecule has 0 saturated heterocycles. The fraction of sp³-hybridized carbons (Fsp3) is 0.333. The first-order chi connectivity index (χ1) is 6.61. The van der Waals surface area contributed by atoms with Crippen molar-refractivity contribution in [1.82, 2.24) is 4.98 Å². The standard InChI is InChI=1S/C9H8ClF2NO/c1-5-6(2-10)3-13-7(4-14)8(5)9(11)12/h3-4,9H,2H2,1H3. The first kappa shape index (κ1) is 11.0. The van der Waals surface area contributed by atoms with Crippen LogP contribution in [0.4, 0.5) is 8.78 Å². The van der Waals surface area contributed by atoms with Crippen molar-refractivity contribution in [1.29, 1.82) is 0 Å². The number of carbonyl (C=O) groups is 1. The van der Waals surface area contributed by atoms with Gasteiger partial charge in [0.25, 0.3) is 6.43 Å². The van der Waals surface area contributed by atoms with Gasteiger partial charge in [-0.05, 0) is 18.1 Å². The molecule has 1 aromatic heterocycles. The minimum absolute atomic E-state index is 0.109. The lowest BCUT2D eigenvalue weighted by Crippen LogP contribution is -2.03. The van der Waals surface area contributed by atoms with E-state index in [0.29, 0.717) is 17.4 Å². The maximum absolute atomic E-state index is 12.5. The number of hydrogen-bond donors (Lipinski definition) is 0. The van der Waals surface area contributed by atoms with Crippen LogP contribution in [0.2, 0.25) is 0 Å². The second-order valence-corrected chi connectivity index (χ2v) is 3.03. The number of pyridine rings is 1. The molecule has 0 radical (unpaired) electrons. The molecule has 5 heteroatoms. The van der Waals surface area contributed by atoms with Crippen LogP contribution in [-0.4, -0.2) is 11.3 Å². The summed E-state index contributed by atoms with van der Waals surface area (Å²) in [7, 11) is 0. The number of nitrogens with zero attached hydrogens (tertiary/aromatic N) is 1. The highest BCUT2D eigenvalue weighted by atomic mass is 35.5. The third kappa shape index (κ3) is 1.90. The van der Waals surface area contributed by atoms with Gasteiger partial charge >= 0.3 is 0 Å². The lowest BCUT2D eigenvalue weighted by atomic mass is 10.0. The third-order valence-corrected chi connectivity index (χ3v) is 2.28. The van der Waals surface area contributed by atoms with Crippen molar-refractivity contribution in [2.24, 2.45) is 0 Å². The summed E-state index contributed by atoms with van der Waals surface area (Å²) in [6.07, 6.45) is -1.03. The fourth-order valence-electron chi connectivity index (χ4n) is 1.18. The Kier molecular flexibility index (Phi) is 3.52. The molecule has 0 N–H and O–H groups in total. The molecule has 0 aliphatic heterocycles. The lowest BCUT2D eigenvalue weighted by molar-refractivity contribution is 0.110. The van der Waals surface area contributed by atoms with E-state index in [9.17, 15) is 13.6 Å². The zero-order valence-electron chi connectivity index (χ0n) is 7.43. The van der Waals surface area contributed by atoms with Crippen molar-refractivity contribution in [2.45, 2.75) is 19.2 Å². The number of hydrogen-bond acceptors (Lipinski definition) is 2. The summed E-state index contributed by atoms with van der Waals surface area (Å²) in [5, 5.41) is 0. The van der Waals surface area contributed by atoms with Crippen LogP contribution in [0.25, 0.3) is 0 Å². The maximum atomic E-state index is 12.5. The fourth-order valence-corrected chi connectivity index (χ4v) is 1.45. The van der Waals surface area contributed by atoms with E-state index in [0.717, 1.165) is 0 Å². The van der Waals surface area contributed by atoms with Gasteiger partial charge in [-0.1, -0.05) is 0 Å². The van der Waals surface area contributed by atoms with Gasteiger partial charge in [-0.2, -0.15) is 0 Å². The topological polar surface area (TPSA) is 30.0 Å². The summed E-state index contributed by atoms with van der Waals surface area (Å²) in [4.78, 5) is 14.1. The van der Waals surface area contributed by atoms with Gasteiger partial charge in [-0.3, -0.25) is 9.78 Å². The van der Waals surface area contributed by atoms with Crippen LogP contribution < -0.4 is 0 Å². The molecule has 0 aliphatic carbocycles. The minimum atomic E-state index is -2.70. The normalized spacial score (nSPS) is 10.6. The molecule has 1 rings (SSSR count).